The van der Waals surface area contributed by atoms with Crippen LogP contribution in [0.5, 0.6) is 0 Å². The molecule has 0 unspecified atom stereocenters. The van der Waals surface area contributed by atoms with E-state index in [-0.39, 0.29) is 11.7 Å². The van der Waals surface area contributed by atoms with E-state index in [1.54, 1.807) is 4.90 Å². The summed E-state index contributed by atoms with van der Waals surface area (Å²) in [6.07, 6.45) is 1.05. The summed E-state index contributed by atoms with van der Waals surface area (Å²) in [6.45, 7) is 11.4. The van der Waals surface area contributed by atoms with Crippen LogP contribution in [0.15, 0.2) is 24.3 Å². The maximum atomic E-state index is 13.1. The number of amides is 1. The van der Waals surface area contributed by atoms with Crippen molar-refractivity contribution in [3.05, 3.63) is 35.6 Å². The van der Waals surface area contributed by atoms with E-state index in [0.717, 1.165) is 44.7 Å². The Morgan fingerprint density at radius 2 is 1.96 bits per heavy atom. The maximum absolute atomic E-state index is 13.1. The van der Waals surface area contributed by atoms with Gasteiger partial charge in [0.2, 0.25) is 5.91 Å². The molecular formula is C20H32FN3O. The zero-order valence-electron chi connectivity index (χ0n) is 16.0. The van der Waals surface area contributed by atoms with Crippen molar-refractivity contribution in [1.29, 1.82) is 0 Å². The van der Waals surface area contributed by atoms with Gasteiger partial charge in [0.15, 0.2) is 0 Å². The fourth-order valence-corrected chi connectivity index (χ4v) is 3.42. The van der Waals surface area contributed by atoms with Gasteiger partial charge >= 0.3 is 0 Å². The number of hydrogen-bond donors (Lipinski definition) is 0. The van der Waals surface area contributed by atoms with Crippen molar-refractivity contribution in [3.63, 3.8) is 0 Å². The molecule has 1 amide bonds. The lowest BCUT2D eigenvalue weighted by atomic mass is 10.0. The molecule has 1 atom stereocenters. The van der Waals surface area contributed by atoms with E-state index in [1.807, 2.05) is 26.1 Å². The van der Waals surface area contributed by atoms with E-state index in [9.17, 15) is 9.18 Å². The van der Waals surface area contributed by atoms with Crippen LogP contribution >= 0.6 is 0 Å². The molecule has 25 heavy (non-hydrogen) atoms. The Hall–Kier alpha value is -1.46. The molecule has 2 rings (SSSR count). The fraction of sp³-hybridized carbons (Fsp3) is 0.650. The number of benzene rings is 1. The van der Waals surface area contributed by atoms with E-state index in [0.29, 0.717) is 18.5 Å². The van der Waals surface area contributed by atoms with Gasteiger partial charge in [-0.1, -0.05) is 26.0 Å². The van der Waals surface area contributed by atoms with Crippen molar-refractivity contribution in [2.24, 2.45) is 5.92 Å². The summed E-state index contributed by atoms with van der Waals surface area (Å²) >= 11 is 0. The van der Waals surface area contributed by atoms with Gasteiger partial charge in [-0.25, -0.2) is 4.39 Å². The molecule has 1 saturated heterocycles. The van der Waals surface area contributed by atoms with Gasteiger partial charge in [0.1, 0.15) is 5.82 Å². The molecule has 0 saturated carbocycles. The predicted molar refractivity (Wildman–Crippen MR) is 99.8 cm³/mol. The first-order valence-corrected chi connectivity index (χ1v) is 9.35. The van der Waals surface area contributed by atoms with Crippen LogP contribution in [0.3, 0.4) is 0 Å². The molecule has 0 N–H and O–H groups in total. The minimum Gasteiger partial charge on any atom is -0.345 e. The van der Waals surface area contributed by atoms with Gasteiger partial charge in [-0.15, -0.1) is 0 Å². The van der Waals surface area contributed by atoms with E-state index < -0.39 is 0 Å². The number of halogens is 1. The lowest BCUT2D eigenvalue weighted by Crippen LogP contribution is -2.46. The molecular weight excluding hydrogens is 317 g/mol. The molecule has 0 radical (unpaired) electrons. The molecule has 0 aliphatic carbocycles. The summed E-state index contributed by atoms with van der Waals surface area (Å²) in [5, 5.41) is 0. The highest BCUT2D eigenvalue weighted by Crippen LogP contribution is 2.20. The maximum Gasteiger partial charge on any atom is 0.236 e. The number of carbonyl (C=O) groups is 1. The molecule has 140 valence electrons. The molecule has 1 aliphatic rings. The van der Waals surface area contributed by atoms with Crippen LogP contribution in [0, 0.1) is 11.7 Å². The van der Waals surface area contributed by atoms with Gasteiger partial charge in [-0.2, -0.15) is 0 Å². The molecule has 1 fully saturated rings. The number of hydrogen-bond acceptors (Lipinski definition) is 3. The normalized spacial score (nSPS) is 19.8. The first kappa shape index (κ1) is 19.9. The van der Waals surface area contributed by atoms with Crippen molar-refractivity contribution in [2.75, 3.05) is 39.8 Å². The topological polar surface area (TPSA) is 26.8 Å². The quantitative estimate of drug-likeness (QED) is 0.790. The van der Waals surface area contributed by atoms with Gasteiger partial charge in [0.05, 0.1) is 6.54 Å². The largest absolute Gasteiger partial charge is 0.345 e. The molecule has 0 bridgehead atoms. The number of likely N-dealkylation sites (N-methyl/N-ethyl adjacent to an activating group) is 1. The second-order valence-corrected chi connectivity index (χ2v) is 7.40. The van der Waals surface area contributed by atoms with Crippen molar-refractivity contribution in [3.8, 4) is 0 Å². The Labute approximate surface area is 151 Å². The first-order chi connectivity index (χ1) is 11.9. The fourth-order valence-electron chi connectivity index (χ4n) is 3.42. The lowest BCUT2D eigenvalue weighted by molar-refractivity contribution is -0.131. The van der Waals surface area contributed by atoms with Gasteiger partial charge in [-0.05, 0) is 43.5 Å². The van der Waals surface area contributed by atoms with Crippen molar-refractivity contribution in [2.45, 2.75) is 39.8 Å². The van der Waals surface area contributed by atoms with Gasteiger partial charge < -0.3 is 4.90 Å². The Bertz CT molecular complexity index is 546. The third-order valence-corrected chi connectivity index (χ3v) is 5.16. The zero-order valence-corrected chi connectivity index (χ0v) is 16.0. The Balaban J connectivity index is 2.04. The minimum absolute atomic E-state index is 0.190. The highest BCUT2D eigenvalue weighted by atomic mass is 19.1. The van der Waals surface area contributed by atoms with Crippen LogP contribution in [-0.4, -0.2) is 66.4 Å². The molecule has 1 aromatic rings. The third kappa shape index (κ3) is 5.79. The summed E-state index contributed by atoms with van der Waals surface area (Å²) in [4.78, 5) is 18.8. The number of rotatable bonds is 6. The monoisotopic (exact) mass is 349 g/mol. The van der Waals surface area contributed by atoms with E-state index >= 15 is 0 Å². The molecule has 4 nitrogen and oxygen atoms in total. The molecule has 0 spiro atoms. The summed E-state index contributed by atoms with van der Waals surface area (Å²) in [5.74, 6) is 0.502. The molecule has 5 heteroatoms. The van der Waals surface area contributed by atoms with Crippen molar-refractivity contribution < 1.29 is 9.18 Å². The van der Waals surface area contributed by atoms with Crippen LogP contribution < -0.4 is 0 Å². The van der Waals surface area contributed by atoms with Gasteiger partial charge in [-0.3, -0.25) is 14.6 Å². The summed E-state index contributed by atoms with van der Waals surface area (Å²) in [6, 6.07) is 7.20. The highest BCUT2D eigenvalue weighted by Gasteiger charge is 2.28. The predicted octanol–water partition coefficient (Wildman–Crippen LogP) is 2.84. The van der Waals surface area contributed by atoms with Crippen LogP contribution in [0.4, 0.5) is 4.39 Å². The Kier molecular flexibility index (Phi) is 7.38. The summed E-state index contributed by atoms with van der Waals surface area (Å²) < 4.78 is 13.1. The first-order valence-electron chi connectivity index (χ1n) is 9.35. The Morgan fingerprint density at radius 3 is 2.56 bits per heavy atom. The molecule has 1 heterocycles. The van der Waals surface area contributed by atoms with Crippen LogP contribution in [0.25, 0.3) is 0 Å². The zero-order chi connectivity index (χ0) is 18.4. The highest BCUT2D eigenvalue weighted by molar-refractivity contribution is 5.77. The number of nitrogens with zero attached hydrogens (tertiary/aromatic N) is 3. The Morgan fingerprint density at radius 1 is 1.28 bits per heavy atom. The summed E-state index contributed by atoms with van der Waals surface area (Å²) in [7, 11) is 1.86. The van der Waals surface area contributed by atoms with Crippen LogP contribution in [0.1, 0.15) is 32.8 Å². The second-order valence-electron chi connectivity index (χ2n) is 7.40. The van der Waals surface area contributed by atoms with E-state index in [1.165, 1.54) is 12.1 Å². The van der Waals surface area contributed by atoms with Crippen molar-refractivity contribution >= 4 is 5.91 Å². The molecule has 0 aromatic heterocycles. The average molecular weight is 349 g/mol. The van der Waals surface area contributed by atoms with E-state index in [2.05, 4.69) is 23.6 Å². The van der Waals surface area contributed by atoms with Gasteiger partial charge in [0, 0.05) is 39.3 Å². The summed E-state index contributed by atoms with van der Waals surface area (Å²) in [5.41, 5.74) is 1.14. The SMILES string of the molecule is CCN(C)C(=O)CN1CCCN(Cc2ccc(F)cc2)[C@@H](C(C)C)C1. The number of carbonyl (C=O) groups excluding carboxylic acids is 1. The van der Waals surface area contributed by atoms with E-state index in [4.69, 9.17) is 0 Å². The lowest BCUT2D eigenvalue weighted by Gasteiger charge is -2.34. The minimum atomic E-state index is -0.190. The van der Waals surface area contributed by atoms with Gasteiger partial charge in [0.25, 0.3) is 0 Å². The smallest absolute Gasteiger partial charge is 0.236 e. The second kappa shape index (κ2) is 9.30. The van der Waals surface area contributed by atoms with Crippen molar-refractivity contribution in [1.82, 2.24) is 14.7 Å². The standard InChI is InChI=1S/C20H32FN3O/c1-5-22(4)20(25)15-23-11-6-12-24(19(14-23)16(2)3)13-17-7-9-18(21)10-8-17/h7-10,16,19H,5-6,11-15H2,1-4H3/t19-/m1/s1. The van der Waals surface area contributed by atoms with Crippen LogP contribution in [0.2, 0.25) is 0 Å². The molecule has 1 aromatic carbocycles. The third-order valence-electron chi connectivity index (χ3n) is 5.16. The average Bonchev–Trinajstić information content (AvgIpc) is 2.78. The van der Waals surface area contributed by atoms with Crippen LogP contribution in [-0.2, 0) is 11.3 Å². The molecule has 1 aliphatic heterocycles.